The molecule has 0 bridgehead atoms. The van der Waals surface area contributed by atoms with Crippen LogP contribution in [0.4, 0.5) is 10.1 Å². The van der Waals surface area contributed by atoms with Crippen molar-refractivity contribution in [3.05, 3.63) is 66.0 Å². The van der Waals surface area contributed by atoms with Gasteiger partial charge in [0, 0.05) is 32.6 Å². The molecule has 0 N–H and O–H groups in total. The Morgan fingerprint density at radius 3 is 2.29 bits per heavy atom. The second-order valence-electron chi connectivity index (χ2n) is 6.34. The lowest BCUT2D eigenvalue weighted by atomic mass is 9.97. The van der Waals surface area contributed by atoms with Gasteiger partial charge in [-0.3, -0.25) is 4.79 Å². The van der Waals surface area contributed by atoms with Crippen molar-refractivity contribution in [1.82, 2.24) is 4.90 Å². The number of benzene rings is 2. The van der Waals surface area contributed by atoms with Gasteiger partial charge >= 0.3 is 0 Å². The first kappa shape index (κ1) is 16.5. The third-order valence-electron chi connectivity index (χ3n) is 4.67. The second-order valence-corrected chi connectivity index (χ2v) is 6.34. The Morgan fingerprint density at radius 2 is 1.62 bits per heavy atom. The van der Waals surface area contributed by atoms with Crippen LogP contribution in [0, 0.1) is 5.82 Å². The SMILES string of the molecule is C[C@@H](CC(=O)N1CCN(c2ccccc2F)CC1)c1ccccc1. The zero-order valence-corrected chi connectivity index (χ0v) is 14.0. The molecule has 3 rings (SSSR count). The van der Waals surface area contributed by atoms with Gasteiger partial charge in [-0.15, -0.1) is 0 Å². The van der Waals surface area contributed by atoms with Crippen molar-refractivity contribution in [2.75, 3.05) is 31.1 Å². The lowest BCUT2D eigenvalue weighted by Crippen LogP contribution is -2.49. The van der Waals surface area contributed by atoms with Crippen molar-refractivity contribution in [2.45, 2.75) is 19.3 Å². The van der Waals surface area contributed by atoms with E-state index in [1.807, 2.05) is 34.1 Å². The van der Waals surface area contributed by atoms with Gasteiger partial charge < -0.3 is 9.80 Å². The fraction of sp³-hybridized carbons (Fsp3) is 0.350. The van der Waals surface area contributed by atoms with Crippen LogP contribution in [-0.2, 0) is 4.79 Å². The van der Waals surface area contributed by atoms with E-state index in [-0.39, 0.29) is 17.6 Å². The van der Waals surface area contributed by atoms with E-state index < -0.39 is 0 Å². The molecule has 0 saturated carbocycles. The fourth-order valence-electron chi connectivity index (χ4n) is 3.20. The van der Waals surface area contributed by atoms with Crippen molar-refractivity contribution < 1.29 is 9.18 Å². The van der Waals surface area contributed by atoms with Gasteiger partial charge in [-0.1, -0.05) is 49.4 Å². The summed E-state index contributed by atoms with van der Waals surface area (Å²) in [5, 5.41) is 0. The lowest BCUT2D eigenvalue weighted by molar-refractivity contribution is -0.131. The van der Waals surface area contributed by atoms with E-state index in [0.29, 0.717) is 38.3 Å². The third kappa shape index (κ3) is 3.75. The summed E-state index contributed by atoms with van der Waals surface area (Å²) in [7, 11) is 0. The molecule has 1 atom stereocenters. The highest BCUT2D eigenvalue weighted by Crippen LogP contribution is 2.22. The minimum atomic E-state index is -0.199. The van der Waals surface area contributed by atoms with Gasteiger partial charge in [-0.05, 0) is 23.6 Å². The number of carbonyl (C=O) groups excluding carboxylic acids is 1. The Kier molecular flexibility index (Phi) is 5.14. The number of hydrogen-bond acceptors (Lipinski definition) is 2. The predicted octanol–water partition coefficient (Wildman–Crippen LogP) is 3.67. The van der Waals surface area contributed by atoms with Crippen LogP contribution in [0.1, 0.15) is 24.8 Å². The Morgan fingerprint density at radius 1 is 1.00 bits per heavy atom. The molecule has 0 aromatic heterocycles. The molecule has 2 aromatic carbocycles. The first-order chi connectivity index (χ1) is 11.6. The van der Waals surface area contributed by atoms with Gasteiger partial charge in [-0.2, -0.15) is 0 Å². The largest absolute Gasteiger partial charge is 0.366 e. The quantitative estimate of drug-likeness (QED) is 0.856. The van der Waals surface area contributed by atoms with E-state index >= 15 is 0 Å². The standard InChI is InChI=1S/C20H23FN2O/c1-16(17-7-3-2-4-8-17)15-20(24)23-13-11-22(12-14-23)19-10-6-5-9-18(19)21/h2-10,16H,11-15H2,1H3/t16-/m0/s1. The van der Waals surface area contributed by atoms with E-state index in [1.54, 1.807) is 12.1 Å². The summed E-state index contributed by atoms with van der Waals surface area (Å²) in [6.45, 7) is 4.73. The monoisotopic (exact) mass is 326 g/mol. The molecular formula is C20H23FN2O. The van der Waals surface area contributed by atoms with Crippen molar-refractivity contribution in [1.29, 1.82) is 0 Å². The second kappa shape index (κ2) is 7.47. The Bertz CT molecular complexity index is 681. The summed E-state index contributed by atoms with van der Waals surface area (Å²) in [5.74, 6) is 0.192. The molecule has 0 unspecified atom stereocenters. The summed E-state index contributed by atoms with van der Waals surface area (Å²) in [6.07, 6.45) is 0.518. The van der Waals surface area contributed by atoms with Crippen molar-refractivity contribution in [2.24, 2.45) is 0 Å². The number of nitrogens with zero attached hydrogens (tertiary/aromatic N) is 2. The number of rotatable bonds is 4. The first-order valence-electron chi connectivity index (χ1n) is 8.47. The van der Waals surface area contributed by atoms with Crippen molar-refractivity contribution >= 4 is 11.6 Å². The number of amides is 1. The number of carbonyl (C=O) groups is 1. The van der Waals surface area contributed by atoms with Gasteiger partial charge in [0.15, 0.2) is 0 Å². The molecule has 3 nitrogen and oxygen atoms in total. The highest BCUT2D eigenvalue weighted by Gasteiger charge is 2.23. The zero-order chi connectivity index (χ0) is 16.9. The Balaban J connectivity index is 1.55. The Labute approximate surface area is 142 Å². The van der Waals surface area contributed by atoms with Gasteiger partial charge in [0.25, 0.3) is 0 Å². The molecule has 126 valence electrons. The molecule has 0 aliphatic carbocycles. The normalized spacial score (nSPS) is 16.1. The highest BCUT2D eigenvalue weighted by atomic mass is 19.1. The maximum atomic E-state index is 13.9. The molecule has 4 heteroatoms. The topological polar surface area (TPSA) is 23.6 Å². The van der Waals surface area contributed by atoms with Crippen LogP contribution < -0.4 is 4.90 Å². The molecule has 1 aliphatic rings. The van der Waals surface area contributed by atoms with E-state index in [2.05, 4.69) is 19.1 Å². The molecule has 0 radical (unpaired) electrons. The van der Waals surface area contributed by atoms with Crippen molar-refractivity contribution in [3.8, 4) is 0 Å². The van der Waals surface area contributed by atoms with E-state index in [0.717, 1.165) is 0 Å². The summed E-state index contributed by atoms with van der Waals surface area (Å²) in [5.41, 5.74) is 1.82. The molecule has 1 amide bonds. The number of piperazine rings is 1. The molecule has 1 heterocycles. The van der Waals surface area contributed by atoms with Crippen molar-refractivity contribution in [3.63, 3.8) is 0 Å². The van der Waals surface area contributed by atoms with Crippen LogP contribution in [0.5, 0.6) is 0 Å². The summed E-state index contributed by atoms with van der Waals surface area (Å²) in [4.78, 5) is 16.4. The van der Waals surface area contributed by atoms with Crippen LogP contribution in [0.2, 0.25) is 0 Å². The first-order valence-corrected chi connectivity index (χ1v) is 8.47. The molecular weight excluding hydrogens is 303 g/mol. The molecule has 24 heavy (non-hydrogen) atoms. The van der Waals surface area contributed by atoms with Crippen LogP contribution in [0.25, 0.3) is 0 Å². The Hall–Kier alpha value is -2.36. The maximum absolute atomic E-state index is 13.9. The summed E-state index contributed by atoms with van der Waals surface area (Å²) >= 11 is 0. The molecule has 1 aliphatic heterocycles. The van der Waals surface area contributed by atoms with E-state index in [4.69, 9.17) is 0 Å². The van der Waals surface area contributed by atoms with E-state index in [9.17, 15) is 9.18 Å². The summed E-state index contributed by atoms with van der Waals surface area (Å²) in [6, 6.07) is 16.9. The lowest BCUT2D eigenvalue weighted by Gasteiger charge is -2.36. The van der Waals surface area contributed by atoms with Gasteiger partial charge in [0.05, 0.1) is 5.69 Å². The number of para-hydroxylation sites is 1. The minimum Gasteiger partial charge on any atom is -0.366 e. The molecule has 1 saturated heterocycles. The maximum Gasteiger partial charge on any atom is 0.223 e. The number of anilines is 1. The molecule has 1 fully saturated rings. The average molecular weight is 326 g/mol. The van der Waals surface area contributed by atoms with Gasteiger partial charge in [0.2, 0.25) is 5.91 Å². The van der Waals surface area contributed by atoms with E-state index in [1.165, 1.54) is 11.6 Å². The smallest absolute Gasteiger partial charge is 0.223 e. The molecule has 0 spiro atoms. The van der Waals surface area contributed by atoms with Crippen LogP contribution in [0.15, 0.2) is 54.6 Å². The van der Waals surface area contributed by atoms with Crippen LogP contribution >= 0.6 is 0 Å². The summed E-state index contributed by atoms with van der Waals surface area (Å²) < 4.78 is 13.9. The molecule has 2 aromatic rings. The number of hydrogen-bond donors (Lipinski definition) is 0. The zero-order valence-electron chi connectivity index (χ0n) is 14.0. The average Bonchev–Trinajstić information content (AvgIpc) is 2.63. The van der Waals surface area contributed by atoms with Gasteiger partial charge in [0.1, 0.15) is 5.82 Å². The van der Waals surface area contributed by atoms with Gasteiger partial charge in [-0.25, -0.2) is 4.39 Å². The fourth-order valence-corrected chi connectivity index (χ4v) is 3.20. The minimum absolute atomic E-state index is 0.180. The third-order valence-corrected chi connectivity index (χ3v) is 4.67. The predicted molar refractivity (Wildman–Crippen MR) is 94.7 cm³/mol. The number of halogens is 1. The highest BCUT2D eigenvalue weighted by molar-refractivity contribution is 5.77. The van der Waals surface area contributed by atoms with Crippen LogP contribution in [-0.4, -0.2) is 37.0 Å². The van der Waals surface area contributed by atoms with Crippen LogP contribution in [0.3, 0.4) is 0 Å².